The van der Waals surface area contributed by atoms with E-state index < -0.39 is 5.60 Å². The first-order valence-electron chi connectivity index (χ1n) is 8.00. The van der Waals surface area contributed by atoms with Crippen molar-refractivity contribution in [1.82, 2.24) is 10.6 Å². The second-order valence-corrected chi connectivity index (χ2v) is 6.83. The van der Waals surface area contributed by atoms with Gasteiger partial charge in [-0.15, -0.1) is 0 Å². The monoisotopic (exact) mass is 282 g/mol. The molecule has 2 saturated carbocycles. The lowest BCUT2D eigenvalue weighted by molar-refractivity contribution is -0.0821. The zero-order chi connectivity index (χ0) is 14.1. The number of rotatable bonds is 3. The predicted molar refractivity (Wildman–Crippen MR) is 75.5 cm³/mol. The van der Waals surface area contributed by atoms with E-state index in [1.54, 1.807) is 0 Å². The predicted octanol–water partition coefficient (Wildman–Crippen LogP) is 1.69. The van der Waals surface area contributed by atoms with Gasteiger partial charge in [0.2, 0.25) is 0 Å². The van der Waals surface area contributed by atoms with Crippen LogP contribution in [0.5, 0.6) is 0 Å². The van der Waals surface area contributed by atoms with Crippen molar-refractivity contribution in [2.75, 3.05) is 13.2 Å². The minimum atomic E-state index is -0.653. The summed E-state index contributed by atoms with van der Waals surface area (Å²) in [5.74, 6) is 0. The first-order chi connectivity index (χ1) is 9.59. The molecule has 0 radical (unpaired) electrons. The zero-order valence-corrected chi connectivity index (χ0v) is 12.1. The molecule has 3 N–H and O–H groups in total. The summed E-state index contributed by atoms with van der Waals surface area (Å²) in [7, 11) is 0. The molecule has 1 saturated heterocycles. The van der Waals surface area contributed by atoms with Crippen LogP contribution in [0, 0.1) is 0 Å². The largest absolute Gasteiger partial charge is 0.388 e. The van der Waals surface area contributed by atoms with Crippen LogP contribution >= 0.6 is 0 Å². The molecule has 0 bridgehead atoms. The van der Waals surface area contributed by atoms with Crippen LogP contribution < -0.4 is 10.6 Å². The third-order valence-corrected chi connectivity index (χ3v) is 5.21. The summed E-state index contributed by atoms with van der Waals surface area (Å²) in [6.45, 7) is 1.11. The van der Waals surface area contributed by atoms with Gasteiger partial charge in [0, 0.05) is 19.2 Å². The van der Waals surface area contributed by atoms with E-state index in [0.29, 0.717) is 6.54 Å². The van der Waals surface area contributed by atoms with Gasteiger partial charge in [0.05, 0.1) is 11.2 Å². The van der Waals surface area contributed by atoms with Crippen LogP contribution in [0.2, 0.25) is 0 Å². The fraction of sp³-hybridized carbons (Fsp3) is 0.933. The fourth-order valence-corrected chi connectivity index (χ4v) is 3.76. The molecule has 1 heterocycles. The van der Waals surface area contributed by atoms with E-state index in [9.17, 15) is 9.90 Å². The van der Waals surface area contributed by atoms with Gasteiger partial charge in [-0.05, 0) is 44.9 Å². The van der Waals surface area contributed by atoms with Crippen LogP contribution in [0.1, 0.15) is 57.8 Å². The minimum Gasteiger partial charge on any atom is -0.388 e. The van der Waals surface area contributed by atoms with E-state index in [-0.39, 0.29) is 17.7 Å². The highest BCUT2D eigenvalue weighted by Crippen LogP contribution is 2.39. The number of hydrogen-bond donors (Lipinski definition) is 3. The maximum Gasteiger partial charge on any atom is 0.315 e. The smallest absolute Gasteiger partial charge is 0.315 e. The van der Waals surface area contributed by atoms with E-state index >= 15 is 0 Å². The van der Waals surface area contributed by atoms with Crippen molar-refractivity contribution in [2.24, 2.45) is 0 Å². The molecular formula is C15H26N2O3. The van der Waals surface area contributed by atoms with Crippen molar-refractivity contribution in [3.8, 4) is 0 Å². The Balaban J connectivity index is 1.43. The van der Waals surface area contributed by atoms with Gasteiger partial charge < -0.3 is 20.5 Å². The van der Waals surface area contributed by atoms with Crippen molar-refractivity contribution in [3.63, 3.8) is 0 Å². The first kappa shape index (κ1) is 14.1. The second kappa shape index (κ2) is 5.53. The quantitative estimate of drug-likeness (QED) is 0.738. The number of carbonyl (C=O) groups is 1. The van der Waals surface area contributed by atoms with Crippen LogP contribution in [0.15, 0.2) is 0 Å². The fourth-order valence-electron chi connectivity index (χ4n) is 3.76. The molecule has 1 aliphatic heterocycles. The molecular weight excluding hydrogens is 256 g/mol. The molecule has 0 aromatic carbocycles. The molecule has 3 aliphatic rings. The molecule has 0 aromatic heterocycles. The lowest BCUT2D eigenvalue weighted by atomic mass is 9.80. The third-order valence-electron chi connectivity index (χ3n) is 5.21. The Morgan fingerprint density at radius 3 is 2.60 bits per heavy atom. The minimum absolute atomic E-state index is 0.0301. The van der Waals surface area contributed by atoms with E-state index in [1.807, 2.05) is 0 Å². The summed E-state index contributed by atoms with van der Waals surface area (Å²) in [6.07, 6.45) is 9.23. The molecule has 1 atom stereocenters. The average Bonchev–Trinajstić information content (AvgIpc) is 2.82. The van der Waals surface area contributed by atoms with Gasteiger partial charge in [0.15, 0.2) is 0 Å². The maximum absolute atomic E-state index is 11.9. The molecule has 1 unspecified atom stereocenters. The number of hydrogen-bond acceptors (Lipinski definition) is 3. The van der Waals surface area contributed by atoms with E-state index in [2.05, 4.69) is 10.6 Å². The van der Waals surface area contributed by atoms with Crippen LogP contribution in [-0.4, -0.2) is 41.5 Å². The number of urea groups is 1. The molecule has 1 spiro atoms. The average molecular weight is 282 g/mol. The van der Waals surface area contributed by atoms with Crippen LogP contribution in [0.4, 0.5) is 4.79 Å². The Hall–Kier alpha value is -0.810. The number of carbonyl (C=O) groups excluding carboxylic acids is 1. The number of ether oxygens (including phenoxy) is 1. The highest BCUT2D eigenvalue weighted by molar-refractivity contribution is 5.74. The third kappa shape index (κ3) is 3.09. The lowest BCUT2D eigenvalue weighted by Gasteiger charge is -2.39. The van der Waals surface area contributed by atoms with E-state index in [1.165, 1.54) is 12.8 Å². The molecule has 0 aromatic rings. The first-order valence-corrected chi connectivity index (χ1v) is 8.00. The molecule has 3 fully saturated rings. The zero-order valence-electron chi connectivity index (χ0n) is 12.1. The molecule has 20 heavy (non-hydrogen) atoms. The Labute approximate surface area is 120 Å². The van der Waals surface area contributed by atoms with Gasteiger partial charge in [-0.3, -0.25) is 0 Å². The Kier molecular flexibility index (Phi) is 3.91. The van der Waals surface area contributed by atoms with Crippen LogP contribution in [0.25, 0.3) is 0 Å². The Bertz CT molecular complexity index is 362. The number of nitrogens with one attached hydrogen (secondary N) is 2. The van der Waals surface area contributed by atoms with Gasteiger partial charge in [-0.2, -0.15) is 0 Å². The molecule has 2 aliphatic carbocycles. The van der Waals surface area contributed by atoms with Crippen molar-refractivity contribution >= 4 is 6.03 Å². The van der Waals surface area contributed by atoms with Gasteiger partial charge in [-0.25, -0.2) is 4.79 Å². The normalized spacial score (nSPS) is 30.8. The maximum atomic E-state index is 11.9. The summed E-state index contributed by atoms with van der Waals surface area (Å²) in [5.41, 5.74) is -0.623. The molecule has 3 rings (SSSR count). The second-order valence-electron chi connectivity index (χ2n) is 6.83. The summed E-state index contributed by atoms with van der Waals surface area (Å²) in [4.78, 5) is 11.9. The van der Waals surface area contributed by atoms with Gasteiger partial charge in [0.1, 0.15) is 0 Å². The van der Waals surface area contributed by atoms with Crippen LogP contribution in [0.3, 0.4) is 0 Å². The SMILES string of the molecule is O=C(NCC1(O)CCC1)NC1CCOC2(CCCC2)C1. The van der Waals surface area contributed by atoms with Crippen LogP contribution in [-0.2, 0) is 4.74 Å². The van der Waals surface area contributed by atoms with Crippen molar-refractivity contribution < 1.29 is 14.6 Å². The van der Waals surface area contributed by atoms with Gasteiger partial charge >= 0.3 is 6.03 Å². The van der Waals surface area contributed by atoms with Gasteiger partial charge in [-0.1, -0.05) is 12.8 Å². The Morgan fingerprint density at radius 2 is 1.95 bits per heavy atom. The Morgan fingerprint density at radius 1 is 1.20 bits per heavy atom. The van der Waals surface area contributed by atoms with Crippen molar-refractivity contribution in [2.45, 2.75) is 75.0 Å². The number of aliphatic hydroxyl groups is 1. The summed E-state index contributed by atoms with van der Waals surface area (Å²) >= 11 is 0. The topological polar surface area (TPSA) is 70.6 Å². The van der Waals surface area contributed by atoms with E-state index in [4.69, 9.17) is 4.74 Å². The van der Waals surface area contributed by atoms with E-state index in [0.717, 1.165) is 51.6 Å². The molecule has 5 heteroatoms. The van der Waals surface area contributed by atoms with Gasteiger partial charge in [0.25, 0.3) is 0 Å². The molecule has 2 amide bonds. The summed E-state index contributed by atoms with van der Waals surface area (Å²) in [5, 5.41) is 15.8. The molecule has 5 nitrogen and oxygen atoms in total. The highest BCUT2D eigenvalue weighted by Gasteiger charge is 2.40. The lowest BCUT2D eigenvalue weighted by Crippen LogP contribution is -2.54. The standard InChI is InChI=1S/C15H26N2O3/c18-13(16-11-14(19)5-3-6-14)17-12-4-9-20-15(10-12)7-1-2-8-15/h12,19H,1-11H2,(H2,16,17,18). The summed E-state index contributed by atoms with van der Waals surface area (Å²) < 4.78 is 5.97. The summed E-state index contributed by atoms with van der Waals surface area (Å²) in [6, 6.07) is 0.0586. The van der Waals surface area contributed by atoms with Crippen molar-refractivity contribution in [3.05, 3.63) is 0 Å². The van der Waals surface area contributed by atoms with Crippen molar-refractivity contribution in [1.29, 1.82) is 0 Å². The highest BCUT2D eigenvalue weighted by atomic mass is 16.5. The molecule has 114 valence electrons. The number of amides is 2.